The molecule has 0 fully saturated rings. The summed E-state index contributed by atoms with van der Waals surface area (Å²) in [4.78, 5) is 24.1. The molecule has 0 aliphatic heterocycles. The number of esters is 1. The number of hydrogen-bond acceptors (Lipinski definition) is 4. The second-order valence-electron chi connectivity index (χ2n) is 7.29. The van der Waals surface area contributed by atoms with Crippen LogP contribution in [0.1, 0.15) is 33.3 Å². The van der Waals surface area contributed by atoms with Crippen molar-refractivity contribution in [3.05, 3.63) is 58.1 Å². The van der Waals surface area contributed by atoms with E-state index in [0.717, 1.165) is 5.56 Å². The van der Waals surface area contributed by atoms with Crippen molar-refractivity contribution in [3.63, 3.8) is 0 Å². The van der Waals surface area contributed by atoms with E-state index < -0.39 is 18.0 Å². The van der Waals surface area contributed by atoms with Crippen molar-refractivity contribution in [2.75, 3.05) is 11.9 Å². The minimum atomic E-state index is -1.02. The van der Waals surface area contributed by atoms with E-state index in [1.165, 1.54) is 6.92 Å². The second-order valence-corrected chi connectivity index (χ2v) is 8.07. The molecular formula is C21H23Cl2NO4. The summed E-state index contributed by atoms with van der Waals surface area (Å²) < 4.78 is 10.5. The zero-order chi connectivity index (χ0) is 20.9. The number of rotatable bonds is 6. The SMILES string of the molecule is CC(OC(=O)COc1ccc(C(C)(C)C)cc1)C(=O)Nc1cccc(Cl)c1Cl. The van der Waals surface area contributed by atoms with Crippen molar-refractivity contribution >= 4 is 40.8 Å². The third-order valence-electron chi connectivity index (χ3n) is 3.96. The standard InChI is InChI=1S/C21H23Cl2NO4/c1-13(20(26)24-17-7-5-6-16(22)19(17)23)28-18(25)12-27-15-10-8-14(9-11-15)21(2,3)4/h5-11,13H,12H2,1-4H3,(H,24,26). The molecule has 1 atom stereocenters. The largest absolute Gasteiger partial charge is 0.482 e. The highest BCUT2D eigenvalue weighted by atomic mass is 35.5. The summed E-state index contributed by atoms with van der Waals surface area (Å²) in [5.41, 5.74) is 1.54. The van der Waals surface area contributed by atoms with Gasteiger partial charge in [0.25, 0.3) is 5.91 Å². The van der Waals surface area contributed by atoms with Crippen LogP contribution >= 0.6 is 23.2 Å². The Morgan fingerprint density at radius 3 is 2.32 bits per heavy atom. The van der Waals surface area contributed by atoms with Crippen molar-refractivity contribution in [3.8, 4) is 5.75 Å². The van der Waals surface area contributed by atoms with Gasteiger partial charge in [0.1, 0.15) is 5.75 Å². The highest BCUT2D eigenvalue weighted by Crippen LogP contribution is 2.29. The fraction of sp³-hybridized carbons (Fsp3) is 0.333. The number of amides is 1. The molecular weight excluding hydrogens is 401 g/mol. The molecule has 0 aliphatic carbocycles. The molecule has 2 rings (SSSR count). The smallest absolute Gasteiger partial charge is 0.344 e. The van der Waals surface area contributed by atoms with Crippen LogP contribution in [0.4, 0.5) is 5.69 Å². The van der Waals surface area contributed by atoms with Gasteiger partial charge in [0.2, 0.25) is 0 Å². The number of halogens is 2. The van der Waals surface area contributed by atoms with E-state index in [0.29, 0.717) is 16.5 Å². The summed E-state index contributed by atoms with van der Waals surface area (Å²) in [5, 5.41) is 3.11. The maximum atomic E-state index is 12.2. The molecule has 150 valence electrons. The molecule has 1 N–H and O–H groups in total. The van der Waals surface area contributed by atoms with Gasteiger partial charge in [0.05, 0.1) is 15.7 Å². The van der Waals surface area contributed by atoms with Crippen LogP contribution in [-0.2, 0) is 19.7 Å². The van der Waals surface area contributed by atoms with E-state index in [2.05, 4.69) is 26.1 Å². The number of carbonyl (C=O) groups excluding carboxylic acids is 2. The van der Waals surface area contributed by atoms with E-state index >= 15 is 0 Å². The summed E-state index contributed by atoms with van der Waals surface area (Å²) in [6.45, 7) is 7.50. The van der Waals surface area contributed by atoms with E-state index in [4.69, 9.17) is 32.7 Å². The molecule has 0 aromatic heterocycles. The lowest BCUT2D eigenvalue weighted by molar-refractivity contribution is -0.155. The van der Waals surface area contributed by atoms with Gasteiger partial charge in [-0.15, -0.1) is 0 Å². The third-order valence-corrected chi connectivity index (χ3v) is 4.78. The lowest BCUT2D eigenvalue weighted by Gasteiger charge is -2.19. The zero-order valence-corrected chi connectivity index (χ0v) is 17.7. The van der Waals surface area contributed by atoms with Crippen molar-refractivity contribution in [2.45, 2.75) is 39.2 Å². The lowest BCUT2D eigenvalue weighted by Crippen LogP contribution is -2.31. The highest BCUT2D eigenvalue weighted by Gasteiger charge is 2.20. The summed E-state index contributed by atoms with van der Waals surface area (Å²) in [6, 6.07) is 12.4. The Morgan fingerprint density at radius 2 is 1.71 bits per heavy atom. The van der Waals surface area contributed by atoms with Gasteiger partial charge in [-0.3, -0.25) is 4.79 Å². The number of carbonyl (C=O) groups is 2. The van der Waals surface area contributed by atoms with Gasteiger partial charge < -0.3 is 14.8 Å². The van der Waals surface area contributed by atoms with Gasteiger partial charge >= 0.3 is 5.97 Å². The van der Waals surface area contributed by atoms with Gasteiger partial charge in [-0.1, -0.05) is 62.2 Å². The topological polar surface area (TPSA) is 64.6 Å². The number of anilines is 1. The first kappa shape index (κ1) is 22.1. The lowest BCUT2D eigenvalue weighted by atomic mass is 9.87. The maximum absolute atomic E-state index is 12.2. The average molecular weight is 424 g/mol. The summed E-state index contributed by atoms with van der Waals surface area (Å²) in [6.07, 6.45) is -1.02. The van der Waals surface area contributed by atoms with Crippen LogP contribution in [0.3, 0.4) is 0 Å². The Morgan fingerprint density at radius 1 is 1.07 bits per heavy atom. The van der Waals surface area contributed by atoms with Gasteiger partial charge in [-0.2, -0.15) is 0 Å². The van der Waals surface area contributed by atoms with Gasteiger partial charge in [-0.05, 0) is 42.2 Å². The first-order chi connectivity index (χ1) is 13.1. The minimum Gasteiger partial charge on any atom is -0.482 e. The molecule has 0 saturated carbocycles. The van der Waals surface area contributed by atoms with Gasteiger partial charge in [0, 0.05) is 0 Å². The Kier molecular flexibility index (Phi) is 7.33. The number of nitrogens with one attached hydrogen (secondary N) is 1. The predicted molar refractivity (Wildman–Crippen MR) is 111 cm³/mol. The summed E-state index contributed by atoms with van der Waals surface area (Å²) in [5.74, 6) is -0.625. The Bertz CT molecular complexity index is 844. The van der Waals surface area contributed by atoms with Crippen LogP contribution in [0.15, 0.2) is 42.5 Å². The Balaban J connectivity index is 1.85. The van der Waals surface area contributed by atoms with Crippen molar-refractivity contribution in [1.29, 1.82) is 0 Å². The summed E-state index contributed by atoms with van der Waals surface area (Å²) in [7, 11) is 0. The fourth-order valence-electron chi connectivity index (χ4n) is 2.31. The van der Waals surface area contributed by atoms with Crippen LogP contribution in [0.25, 0.3) is 0 Å². The molecule has 0 spiro atoms. The second kappa shape index (κ2) is 9.30. The van der Waals surface area contributed by atoms with Crippen molar-refractivity contribution in [1.82, 2.24) is 0 Å². The Hall–Kier alpha value is -2.24. The van der Waals surface area contributed by atoms with E-state index in [1.807, 2.05) is 12.1 Å². The molecule has 0 heterocycles. The molecule has 0 saturated heterocycles. The molecule has 1 amide bonds. The van der Waals surface area contributed by atoms with Crippen molar-refractivity contribution < 1.29 is 19.1 Å². The molecule has 5 nitrogen and oxygen atoms in total. The van der Waals surface area contributed by atoms with Crippen LogP contribution in [0.2, 0.25) is 10.0 Å². The predicted octanol–water partition coefficient (Wildman–Crippen LogP) is 5.24. The fourth-order valence-corrected chi connectivity index (χ4v) is 2.66. The third kappa shape index (κ3) is 6.14. The first-order valence-corrected chi connectivity index (χ1v) is 9.51. The number of hydrogen-bond donors (Lipinski definition) is 1. The van der Waals surface area contributed by atoms with Crippen LogP contribution < -0.4 is 10.1 Å². The molecule has 0 bridgehead atoms. The monoisotopic (exact) mass is 423 g/mol. The number of benzene rings is 2. The molecule has 7 heteroatoms. The van der Waals surface area contributed by atoms with E-state index in [1.54, 1.807) is 30.3 Å². The molecule has 1 unspecified atom stereocenters. The van der Waals surface area contributed by atoms with Crippen LogP contribution in [-0.4, -0.2) is 24.6 Å². The highest BCUT2D eigenvalue weighted by molar-refractivity contribution is 6.44. The first-order valence-electron chi connectivity index (χ1n) is 8.75. The van der Waals surface area contributed by atoms with Crippen LogP contribution in [0.5, 0.6) is 5.75 Å². The van der Waals surface area contributed by atoms with Gasteiger partial charge in [0.15, 0.2) is 12.7 Å². The molecule has 2 aromatic rings. The molecule has 2 aromatic carbocycles. The quantitative estimate of drug-likeness (QED) is 0.645. The van der Waals surface area contributed by atoms with Crippen LogP contribution in [0, 0.1) is 0 Å². The molecule has 0 aliphatic rings. The molecule has 0 radical (unpaired) electrons. The van der Waals surface area contributed by atoms with Gasteiger partial charge in [-0.25, -0.2) is 4.79 Å². The normalized spacial score (nSPS) is 12.2. The zero-order valence-electron chi connectivity index (χ0n) is 16.2. The summed E-state index contributed by atoms with van der Waals surface area (Å²) >= 11 is 11.9. The minimum absolute atomic E-state index is 0.0339. The number of ether oxygens (including phenoxy) is 2. The molecule has 28 heavy (non-hydrogen) atoms. The average Bonchev–Trinajstić information content (AvgIpc) is 2.63. The van der Waals surface area contributed by atoms with E-state index in [9.17, 15) is 9.59 Å². The van der Waals surface area contributed by atoms with E-state index in [-0.39, 0.29) is 17.0 Å². The van der Waals surface area contributed by atoms with Crippen molar-refractivity contribution in [2.24, 2.45) is 0 Å². The maximum Gasteiger partial charge on any atom is 0.344 e. The Labute approximate surface area is 174 Å².